The Labute approximate surface area is 153 Å². The van der Waals surface area contributed by atoms with Crippen molar-refractivity contribution in [1.29, 1.82) is 0 Å². The van der Waals surface area contributed by atoms with E-state index in [-0.39, 0.29) is 28.3 Å². The van der Waals surface area contributed by atoms with Gasteiger partial charge in [0.15, 0.2) is 0 Å². The van der Waals surface area contributed by atoms with Gasteiger partial charge in [0.05, 0.1) is 22.4 Å². The Balaban J connectivity index is 2.17. The maximum Gasteiger partial charge on any atom is 0.243 e. The quantitative estimate of drug-likeness (QED) is 0.730. The first-order chi connectivity index (χ1) is 11.9. The molecule has 1 N–H and O–H groups in total. The zero-order valence-electron chi connectivity index (χ0n) is 14.2. The van der Waals surface area contributed by atoms with Gasteiger partial charge >= 0.3 is 0 Å². The summed E-state index contributed by atoms with van der Waals surface area (Å²) in [5.74, 6) is -0.0605. The number of hydrogen-bond donors (Lipinski definition) is 1. The lowest BCUT2D eigenvalue weighted by Gasteiger charge is -2.31. The average Bonchev–Trinajstić information content (AvgIpc) is 2.61. The molecule has 1 amide bonds. The number of piperidine rings is 1. The van der Waals surface area contributed by atoms with Crippen molar-refractivity contribution in [2.75, 3.05) is 26.2 Å². The van der Waals surface area contributed by atoms with Crippen LogP contribution in [0.1, 0.15) is 19.8 Å². The average molecular weight is 387 g/mol. The topological polar surface area (TPSA) is 75.7 Å². The number of nitrogens with one attached hydrogen (secondary N) is 1. The number of rotatable bonds is 7. The van der Waals surface area contributed by atoms with Crippen LogP contribution in [0.25, 0.3) is 0 Å². The molecule has 0 bridgehead atoms. The Kier molecular flexibility index (Phi) is 6.87. The van der Waals surface area contributed by atoms with E-state index in [0.29, 0.717) is 38.3 Å². The number of sulfonamides is 1. The lowest BCUT2D eigenvalue weighted by molar-refractivity contribution is -0.125. The highest BCUT2D eigenvalue weighted by Crippen LogP contribution is 2.30. The first-order valence-corrected chi connectivity index (χ1v) is 10.0. The molecule has 2 rings (SSSR count). The molecular formula is C17H23ClN2O4S. The molecule has 1 fully saturated rings. The fourth-order valence-electron chi connectivity index (χ4n) is 2.76. The minimum absolute atomic E-state index is 0.105. The summed E-state index contributed by atoms with van der Waals surface area (Å²) in [7, 11) is -3.71. The van der Waals surface area contributed by atoms with Crippen LogP contribution in [0.4, 0.5) is 0 Å². The third-order valence-electron chi connectivity index (χ3n) is 4.02. The molecule has 1 heterocycles. The molecule has 138 valence electrons. The number of hydrogen-bond acceptors (Lipinski definition) is 4. The molecule has 0 unspecified atom stereocenters. The van der Waals surface area contributed by atoms with Gasteiger partial charge in [-0.25, -0.2) is 8.42 Å². The molecular weight excluding hydrogens is 364 g/mol. The van der Waals surface area contributed by atoms with Crippen molar-refractivity contribution in [3.05, 3.63) is 35.9 Å². The van der Waals surface area contributed by atoms with Gasteiger partial charge in [-0.15, -0.1) is 6.58 Å². The van der Waals surface area contributed by atoms with Crippen LogP contribution in [-0.2, 0) is 14.8 Å². The zero-order chi connectivity index (χ0) is 18.4. The molecule has 6 nitrogen and oxygen atoms in total. The van der Waals surface area contributed by atoms with E-state index < -0.39 is 10.0 Å². The minimum Gasteiger partial charge on any atom is -0.492 e. The van der Waals surface area contributed by atoms with Crippen LogP contribution in [0, 0.1) is 5.92 Å². The maximum absolute atomic E-state index is 12.9. The van der Waals surface area contributed by atoms with Crippen LogP contribution in [0.3, 0.4) is 0 Å². The standard InChI is InChI=1S/C17H23ClN2O4S/c1-3-9-19-17(21)13-6-5-10-20(12-13)25(22,23)14-7-8-16(24-4-2)15(18)11-14/h3,7-8,11,13H,1,4-6,9-10,12H2,2H3,(H,19,21)/t13-/m0/s1. The molecule has 1 aliphatic heterocycles. The summed E-state index contributed by atoms with van der Waals surface area (Å²) in [6.45, 7) is 6.75. The third-order valence-corrected chi connectivity index (χ3v) is 6.17. The van der Waals surface area contributed by atoms with Crippen LogP contribution in [0.5, 0.6) is 5.75 Å². The van der Waals surface area contributed by atoms with Crippen molar-refractivity contribution >= 4 is 27.5 Å². The molecule has 0 aliphatic carbocycles. The monoisotopic (exact) mass is 386 g/mol. The van der Waals surface area contributed by atoms with Gasteiger partial charge in [0.25, 0.3) is 0 Å². The predicted octanol–water partition coefficient (Wildman–Crippen LogP) is 2.44. The van der Waals surface area contributed by atoms with Gasteiger partial charge in [0, 0.05) is 19.6 Å². The van der Waals surface area contributed by atoms with E-state index in [0.717, 1.165) is 0 Å². The molecule has 1 aromatic rings. The first kappa shape index (κ1) is 19.8. The Morgan fingerprint density at radius 3 is 2.92 bits per heavy atom. The highest BCUT2D eigenvalue weighted by molar-refractivity contribution is 7.89. The minimum atomic E-state index is -3.71. The van der Waals surface area contributed by atoms with Crippen molar-refractivity contribution < 1.29 is 17.9 Å². The summed E-state index contributed by atoms with van der Waals surface area (Å²) in [4.78, 5) is 12.2. The van der Waals surface area contributed by atoms with E-state index in [9.17, 15) is 13.2 Å². The van der Waals surface area contributed by atoms with Crippen LogP contribution in [-0.4, -0.2) is 44.9 Å². The number of carbonyl (C=O) groups is 1. The van der Waals surface area contributed by atoms with Crippen LogP contribution in [0.15, 0.2) is 35.7 Å². The van der Waals surface area contributed by atoms with Crippen molar-refractivity contribution in [2.45, 2.75) is 24.7 Å². The number of ether oxygens (including phenoxy) is 1. The van der Waals surface area contributed by atoms with E-state index in [4.69, 9.17) is 16.3 Å². The highest BCUT2D eigenvalue weighted by Gasteiger charge is 2.33. The Bertz CT molecular complexity index is 736. The zero-order valence-corrected chi connectivity index (χ0v) is 15.8. The summed E-state index contributed by atoms with van der Waals surface area (Å²) in [5, 5.41) is 2.98. The molecule has 1 atom stereocenters. The van der Waals surface area contributed by atoms with E-state index in [1.807, 2.05) is 6.92 Å². The number of carbonyl (C=O) groups excluding carboxylic acids is 1. The number of amides is 1. The van der Waals surface area contributed by atoms with Crippen molar-refractivity contribution in [2.24, 2.45) is 5.92 Å². The first-order valence-electron chi connectivity index (χ1n) is 8.21. The Hall–Kier alpha value is -1.57. The van der Waals surface area contributed by atoms with Crippen molar-refractivity contribution in [3.8, 4) is 5.75 Å². The molecule has 0 saturated carbocycles. The SMILES string of the molecule is C=CCNC(=O)[C@H]1CCCN(S(=O)(=O)c2ccc(OCC)c(Cl)c2)C1. The van der Waals surface area contributed by atoms with Crippen LogP contribution >= 0.6 is 11.6 Å². The molecule has 0 spiro atoms. The van der Waals surface area contributed by atoms with Gasteiger partial charge in [0.1, 0.15) is 5.75 Å². The number of nitrogens with zero attached hydrogens (tertiary/aromatic N) is 1. The molecule has 1 aliphatic rings. The summed E-state index contributed by atoms with van der Waals surface area (Å²) in [6, 6.07) is 4.42. The summed E-state index contributed by atoms with van der Waals surface area (Å²) in [6.07, 6.45) is 2.90. The molecule has 8 heteroatoms. The fourth-order valence-corrected chi connectivity index (χ4v) is 4.61. The maximum atomic E-state index is 12.9. The smallest absolute Gasteiger partial charge is 0.243 e. The molecule has 1 saturated heterocycles. The second-order valence-corrected chi connectivity index (χ2v) is 8.11. The van der Waals surface area contributed by atoms with E-state index >= 15 is 0 Å². The lowest BCUT2D eigenvalue weighted by Crippen LogP contribution is -2.45. The predicted molar refractivity (Wildman–Crippen MR) is 97.3 cm³/mol. The summed E-state index contributed by atoms with van der Waals surface area (Å²) >= 11 is 6.11. The van der Waals surface area contributed by atoms with E-state index in [1.54, 1.807) is 12.1 Å². The van der Waals surface area contributed by atoms with Crippen molar-refractivity contribution in [1.82, 2.24) is 9.62 Å². The fraction of sp³-hybridized carbons (Fsp3) is 0.471. The summed E-state index contributed by atoms with van der Waals surface area (Å²) in [5.41, 5.74) is 0. The van der Waals surface area contributed by atoms with Gasteiger partial charge in [-0.05, 0) is 38.0 Å². The van der Waals surface area contributed by atoms with Gasteiger partial charge in [-0.1, -0.05) is 17.7 Å². The normalized spacial score (nSPS) is 18.6. The lowest BCUT2D eigenvalue weighted by atomic mass is 9.99. The van der Waals surface area contributed by atoms with E-state index in [2.05, 4.69) is 11.9 Å². The van der Waals surface area contributed by atoms with Gasteiger partial charge in [-0.3, -0.25) is 4.79 Å². The molecule has 0 aromatic heterocycles. The second-order valence-electron chi connectivity index (χ2n) is 5.76. The second kappa shape index (κ2) is 8.69. The molecule has 1 aromatic carbocycles. The largest absolute Gasteiger partial charge is 0.492 e. The highest BCUT2D eigenvalue weighted by atomic mass is 35.5. The molecule has 0 radical (unpaired) electrons. The summed E-state index contributed by atoms with van der Waals surface area (Å²) < 4.78 is 32.4. The van der Waals surface area contributed by atoms with E-state index in [1.165, 1.54) is 16.4 Å². The third kappa shape index (κ3) is 4.74. The van der Waals surface area contributed by atoms with Crippen LogP contribution in [0.2, 0.25) is 5.02 Å². The van der Waals surface area contributed by atoms with Crippen LogP contribution < -0.4 is 10.1 Å². The van der Waals surface area contributed by atoms with Crippen molar-refractivity contribution in [3.63, 3.8) is 0 Å². The van der Waals surface area contributed by atoms with Gasteiger partial charge in [0.2, 0.25) is 15.9 Å². The Morgan fingerprint density at radius 1 is 1.52 bits per heavy atom. The Morgan fingerprint density at radius 2 is 2.28 bits per heavy atom. The van der Waals surface area contributed by atoms with Gasteiger partial charge in [-0.2, -0.15) is 4.31 Å². The van der Waals surface area contributed by atoms with Gasteiger partial charge < -0.3 is 10.1 Å². The number of benzene rings is 1. The molecule has 25 heavy (non-hydrogen) atoms. The number of halogens is 1.